The fourth-order valence-corrected chi connectivity index (χ4v) is 6.65. The standard InChI is InChI=1S/C28H37N3OS/c1-18-22(19(2)32-30-18)16-31-13-9-20(10-14-31)26-29-25(17-33-26)21-7-8-23-24(15-21)28(5,6)12-11-27(23,3)4/h7-8,15,17,20H,9-14,16H2,1-6H3. The van der Waals surface area contributed by atoms with Gasteiger partial charge in [-0.05, 0) is 80.6 Å². The number of thiazole rings is 1. The highest BCUT2D eigenvalue weighted by atomic mass is 32.1. The van der Waals surface area contributed by atoms with Crippen molar-refractivity contribution < 1.29 is 4.52 Å². The zero-order chi connectivity index (χ0) is 23.4. The van der Waals surface area contributed by atoms with E-state index < -0.39 is 0 Å². The molecule has 0 bridgehead atoms. The Morgan fingerprint density at radius 1 is 1.03 bits per heavy atom. The second-order valence-electron chi connectivity index (χ2n) is 11.5. The summed E-state index contributed by atoms with van der Waals surface area (Å²) in [5.74, 6) is 1.52. The van der Waals surface area contributed by atoms with Gasteiger partial charge in [-0.1, -0.05) is 45.0 Å². The number of hydrogen-bond acceptors (Lipinski definition) is 5. The zero-order valence-corrected chi connectivity index (χ0v) is 21.8. The minimum Gasteiger partial charge on any atom is -0.361 e. The first-order chi connectivity index (χ1) is 15.6. The van der Waals surface area contributed by atoms with Crippen LogP contribution >= 0.6 is 11.3 Å². The van der Waals surface area contributed by atoms with Gasteiger partial charge in [0.2, 0.25) is 0 Å². The molecule has 33 heavy (non-hydrogen) atoms. The highest BCUT2D eigenvalue weighted by Gasteiger charge is 2.37. The molecule has 0 N–H and O–H groups in total. The van der Waals surface area contributed by atoms with Gasteiger partial charge in [-0.15, -0.1) is 11.3 Å². The van der Waals surface area contributed by atoms with Crippen LogP contribution in [0.3, 0.4) is 0 Å². The van der Waals surface area contributed by atoms with Crippen molar-refractivity contribution in [1.29, 1.82) is 0 Å². The molecule has 0 spiro atoms. The summed E-state index contributed by atoms with van der Waals surface area (Å²) in [5.41, 5.74) is 8.22. The van der Waals surface area contributed by atoms with Crippen LogP contribution in [0, 0.1) is 13.8 Å². The average Bonchev–Trinajstić information content (AvgIpc) is 3.40. The molecule has 3 aromatic rings. The smallest absolute Gasteiger partial charge is 0.138 e. The van der Waals surface area contributed by atoms with E-state index in [1.165, 1.54) is 52.9 Å². The summed E-state index contributed by atoms with van der Waals surface area (Å²) in [6.07, 6.45) is 4.83. The van der Waals surface area contributed by atoms with E-state index in [0.717, 1.165) is 36.8 Å². The van der Waals surface area contributed by atoms with Gasteiger partial charge in [0.1, 0.15) is 5.76 Å². The first-order valence-electron chi connectivity index (χ1n) is 12.4. The Bertz CT molecular complexity index is 1130. The number of aromatic nitrogens is 2. The minimum absolute atomic E-state index is 0.230. The van der Waals surface area contributed by atoms with Crippen molar-refractivity contribution in [2.24, 2.45) is 0 Å². The molecule has 2 aliphatic rings. The van der Waals surface area contributed by atoms with Crippen molar-refractivity contribution in [3.8, 4) is 11.3 Å². The molecular formula is C28H37N3OS. The Labute approximate surface area is 202 Å². The maximum atomic E-state index is 5.35. The lowest BCUT2D eigenvalue weighted by molar-refractivity contribution is 0.203. The Kier molecular flexibility index (Phi) is 5.77. The molecule has 0 unspecified atom stereocenters. The van der Waals surface area contributed by atoms with E-state index >= 15 is 0 Å². The second-order valence-corrected chi connectivity index (χ2v) is 12.3. The number of piperidine rings is 1. The molecule has 2 aromatic heterocycles. The predicted molar refractivity (Wildman–Crippen MR) is 136 cm³/mol. The number of hydrogen-bond donors (Lipinski definition) is 0. The fraction of sp³-hybridized carbons (Fsp3) is 0.571. The summed E-state index contributed by atoms with van der Waals surface area (Å²) in [4.78, 5) is 7.67. The third-order valence-corrected chi connectivity index (χ3v) is 9.18. The molecule has 5 heteroatoms. The third kappa shape index (κ3) is 4.30. The van der Waals surface area contributed by atoms with Crippen molar-refractivity contribution in [2.75, 3.05) is 13.1 Å². The lowest BCUT2D eigenvalue weighted by Gasteiger charge is -2.42. The van der Waals surface area contributed by atoms with Crippen LogP contribution in [0.25, 0.3) is 11.3 Å². The molecule has 1 aliphatic carbocycles. The van der Waals surface area contributed by atoms with Crippen LogP contribution in [0.4, 0.5) is 0 Å². The average molecular weight is 464 g/mol. The monoisotopic (exact) mass is 463 g/mol. The van der Waals surface area contributed by atoms with Gasteiger partial charge in [0.25, 0.3) is 0 Å². The summed E-state index contributed by atoms with van der Waals surface area (Å²) in [7, 11) is 0. The summed E-state index contributed by atoms with van der Waals surface area (Å²) >= 11 is 1.84. The molecule has 0 saturated carbocycles. The van der Waals surface area contributed by atoms with Gasteiger partial charge in [0.05, 0.1) is 16.4 Å². The lowest BCUT2D eigenvalue weighted by atomic mass is 9.63. The number of aryl methyl sites for hydroxylation is 2. The van der Waals surface area contributed by atoms with E-state index in [9.17, 15) is 0 Å². The highest BCUT2D eigenvalue weighted by molar-refractivity contribution is 7.10. The van der Waals surface area contributed by atoms with E-state index in [1.807, 2.05) is 25.2 Å². The SMILES string of the molecule is Cc1noc(C)c1CN1CCC(c2nc(-c3ccc4c(c3)C(C)(C)CCC4(C)C)cs2)CC1. The van der Waals surface area contributed by atoms with Crippen LogP contribution in [-0.2, 0) is 17.4 Å². The Morgan fingerprint density at radius 2 is 1.73 bits per heavy atom. The molecule has 1 fully saturated rings. The van der Waals surface area contributed by atoms with Gasteiger partial charge >= 0.3 is 0 Å². The van der Waals surface area contributed by atoms with E-state index in [2.05, 4.69) is 61.3 Å². The maximum absolute atomic E-state index is 5.35. The van der Waals surface area contributed by atoms with Crippen molar-refractivity contribution in [2.45, 2.75) is 90.5 Å². The quantitative estimate of drug-likeness (QED) is 0.412. The van der Waals surface area contributed by atoms with Crippen LogP contribution in [0.2, 0.25) is 0 Å². The van der Waals surface area contributed by atoms with Crippen molar-refractivity contribution in [3.63, 3.8) is 0 Å². The molecule has 0 amide bonds. The summed E-state index contributed by atoms with van der Waals surface area (Å²) < 4.78 is 5.35. The Hall–Kier alpha value is -1.98. The number of nitrogens with zero attached hydrogens (tertiary/aromatic N) is 3. The lowest BCUT2D eigenvalue weighted by Crippen LogP contribution is -2.33. The Balaban J connectivity index is 1.30. The van der Waals surface area contributed by atoms with Gasteiger partial charge in [-0.3, -0.25) is 4.90 Å². The van der Waals surface area contributed by atoms with Gasteiger partial charge in [0.15, 0.2) is 0 Å². The van der Waals surface area contributed by atoms with E-state index in [1.54, 1.807) is 0 Å². The van der Waals surface area contributed by atoms with Crippen LogP contribution < -0.4 is 0 Å². The highest BCUT2D eigenvalue weighted by Crippen LogP contribution is 2.47. The fourth-order valence-electron chi connectivity index (χ4n) is 5.64. The number of fused-ring (bicyclic) bond motifs is 1. The Morgan fingerprint density at radius 3 is 2.39 bits per heavy atom. The van der Waals surface area contributed by atoms with Crippen molar-refractivity contribution in [3.05, 3.63) is 56.7 Å². The number of likely N-dealkylation sites (tertiary alicyclic amines) is 1. The van der Waals surface area contributed by atoms with Crippen molar-refractivity contribution in [1.82, 2.24) is 15.0 Å². The number of rotatable bonds is 4. The minimum atomic E-state index is 0.230. The van der Waals surface area contributed by atoms with Gasteiger partial charge in [0, 0.05) is 29.0 Å². The van der Waals surface area contributed by atoms with Gasteiger partial charge in [-0.2, -0.15) is 0 Å². The van der Waals surface area contributed by atoms with E-state index in [4.69, 9.17) is 9.51 Å². The largest absolute Gasteiger partial charge is 0.361 e. The van der Waals surface area contributed by atoms with Crippen LogP contribution in [0.5, 0.6) is 0 Å². The topological polar surface area (TPSA) is 42.2 Å². The normalized spacial score (nSPS) is 20.7. The molecule has 0 radical (unpaired) electrons. The molecule has 1 saturated heterocycles. The molecule has 0 atom stereocenters. The molecule has 4 nitrogen and oxygen atoms in total. The molecule has 1 aliphatic heterocycles. The zero-order valence-electron chi connectivity index (χ0n) is 21.0. The second kappa shape index (κ2) is 8.35. The first-order valence-corrected chi connectivity index (χ1v) is 13.3. The third-order valence-electron chi connectivity index (χ3n) is 8.17. The first kappa shape index (κ1) is 22.8. The van der Waals surface area contributed by atoms with Gasteiger partial charge in [-0.25, -0.2) is 4.98 Å². The van der Waals surface area contributed by atoms with Gasteiger partial charge < -0.3 is 4.52 Å². The molecule has 3 heterocycles. The molecule has 176 valence electrons. The number of benzene rings is 1. The molecule has 5 rings (SSSR count). The van der Waals surface area contributed by atoms with Crippen molar-refractivity contribution >= 4 is 11.3 Å². The molecular weight excluding hydrogens is 426 g/mol. The van der Waals surface area contributed by atoms with E-state index in [0.29, 0.717) is 5.92 Å². The predicted octanol–water partition coefficient (Wildman–Crippen LogP) is 7.14. The van der Waals surface area contributed by atoms with Crippen LogP contribution in [-0.4, -0.2) is 28.1 Å². The molecule has 1 aromatic carbocycles. The summed E-state index contributed by atoms with van der Waals surface area (Å²) in [5, 5.41) is 7.69. The summed E-state index contributed by atoms with van der Waals surface area (Å²) in [6, 6.07) is 7.10. The summed E-state index contributed by atoms with van der Waals surface area (Å²) in [6.45, 7) is 16.8. The maximum Gasteiger partial charge on any atom is 0.138 e. The van der Waals surface area contributed by atoms with Crippen LogP contribution in [0.15, 0.2) is 28.1 Å². The van der Waals surface area contributed by atoms with E-state index in [-0.39, 0.29) is 10.8 Å². The van der Waals surface area contributed by atoms with Crippen LogP contribution in [0.1, 0.15) is 92.4 Å².